The molecule has 0 radical (unpaired) electrons. The van der Waals surface area contributed by atoms with E-state index in [1.165, 1.54) is 0 Å². The van der Waals surface area contributed by atoms with Crippen molar-refractivity contribution in [1.29, 1.82) is 0 Å². The van der Waals surface area contributed by atoms with E-state index in [4.69, 9.17) is 17.2 Å². The number of benzene rings is 3. The Bertz CT molecular complexity index is 1520. The van der Waals surface area contributed by atoms with E-state index < -0.39 is 18.0 Å². The molecule has 0 spiro atoms. The molecule has 0 saturated heterocycles. The fraction of sp³-hybridized carbons (Fsp3) is 0.294. The predicted octanol–water partition coefficient (Wildman–Crippen LogP) is 1.75. The van der Waals surface area contributed by atoms with Gasteiger partial charge in [-0.15, -0.1) is 0 Å². The summed E-state index contributed by atoms with van der Waals surface area (Å²) >= 11 is 0. The van der Waals surface area contributed by atoms with Crippen molar-refractivity contribution in [2.45, 2.75) is 31.5 Å². The summed E-state index contributed by atoms with van der Waals surface area (Å²) in [4.78, 5) is 45.9. The van der Waals surface area contributed by atoms with Crippen molar-refractivity contribution < 1.29 is 14.4 Å². The van der Waals surface area contributed by atoms with E-state index in [9.17, 15) is 14.4 Å². The number of amides is 2. The standard InChI is InChI=1S/C34H41N7O3/c35-15-18-41(19-16-36)17-14-30(37)33(43)40-31(21-29-20-27-8-4-5-9-28(27)23-38-29)34(44)39-22-24-10-12-26(13-11-24)32(42)25-6-2-1-3-7-25/h1-13,20,23,30-31H,14-19,21-22,35-37H2,(H,39,44)(H,40,43). The maximum absolute atomic E-state index is 13.5. The monoisotopic (exact) mass is 595 g/mol. The highest BCUT2D eigenvalue weighted by Crippen LogP contribution is 2.15. The minimum atomic E-state index is -0.898. The van der Waals surface area contributed by atoms with Gasteiger partial charge in [0.25, 0.3) is 0 Å². The molecule has 1 heterocycles. The van der Waals surface area contributed by atoms with Crippen LogP contribution in [-0.2, 0) is 22.6 Å². The first-order valence-corrected chi connectivity index (χ1v) is 14.9. The molecule has 0 bridgehead atoms. The number of rotatable bonds is 16. The Morgan fingerprint density at radius 3 is 2.09 bits per heavy atom. The molecule has 2 unspecified atom stereocenters. The Morgan fingerprint density at radius 1 is 0.773 bits per heavy atom. The second-order valence-corrected chi connectivity index (χ2v) is 10.7. The largest absolute Gasteiger partial charge is 0.350 e. The van der Waals surface area contributed by atoms with Crippen LogP contribution >= 0.6 is 0 Å². The van der Waals surface area contributed by atoms with Gasteiger partial charge in [0, 0.05) is 74.1 Å². The van der Waals surface area contributed by atoms with Crippen molar-refractivity contribution in [1.82, 2.24) is 20.5 Å². The zero-order chi connectivity index (χ0) is 31.3. The number of carbonyl (C=O) groups excluding carboxylic acids is 3. The third-order valence-corrected chi connectivity index (χ3v) is 7.44. The van der Waals surface area contributed by atoms with Crippen LogP contribution in [0.3, 0.4) is 0 Å². The molecular weight excluding hydrogens is 554 g/mol. The molecule has 2 amide bonds. The van der Waals surface area contributed by atoms with E-state index in [0.29, 0.717) is 56.0 Å². The predicted molar refractivity (Wildman–Crippen MR) is 173 cm³/mol. The van der Waals surface area contributed by atoms with E-state index in [1.807, 2.05) is 48.5 Å². The summed E-state index contributed by atoms with van der Waals surface area (Å²) in [5.41, 5.74) is 20.3. The lowest BCUT2D eigenvalue weighted by atomic mass is 10.0. The van der Waals surface area contributed by atoms with Gasteiger partial charge in [0.2, 0.25) is 11.8 Å². The van der Waals surface area contributed by atoms with Crippen LogP contribution in [0.4, 0.5) is 0 Å². The molecule has 0 aliphatic rings. The highest BCUT2D eigenvalue weighted by Gasteiger charge is 2.25. The number of carbonyl (C=O) groups is 3. The number of nitrogens with zero attached hydrogens (tertiary/aromatic N) is 2. The Kier molecular flexibility index (Phi) is 12.1. The first kappa shape index (κ1) is 32.4. The molecule has 0 fully saturated rings. The van der Waals surface area contributed by atoms with Gasteiger partial charge < -0.3 is 32.7 Å². The first-order valence-electron chi connectivity index (χ1n) is 14.9. The lowest BCUT2D eigenvalue weighted by Gasteiger charge is -2.24. The summed E-state index contributed by atoms with van der Waals surface area (Å²) in [6, 6.07) is 24.2. The zero-order valence-electron chi connectivity index (χ0n) is 24.8. The van der Waals surface area contributed by atoms with Crippen LogP contribution in [0, 0.1) is 0 Å². The Labute approximate surface area is 258 Å². The molecule has 8 N–H and O–H groups in total. The summed E-state index contributed by atoms with van der Waals surface area (Å²) in [5, 5.41) is 7.75. The number of ketones is 1. The van der Waals surface area contributed by atoms with Crippen LogP contribution in [0.25, 0.3) is 10.8 Å². The average Bonchev–Trinajstić information content (AvgIpc) is 3.06. The molecule has 4 aromatic rings. The number of hydrogen-bond acceptors (Lipinski definition) is 8. The molecule has 1 aromatic heterocycles. The van der Waals surface area contributed by atoms with Crippen LogP contribution in [-0.4, -0.2) is 72.3 Å². The molecule has 0 aliphatic carbocycles. The van der Waals surface area contributed by atoms with Crippen molar-refractivity contribution in [3.63, 3.8) is 0 Å². The Hall–Kier alpha value is -4.48. The van der Waals surface area contributed by atoms with E-state index in [-0.39, 0.29) is 24.7 Å². The van der Waals surface area contributed by atoms with Crippen LogP contribution in [0.15, 0.2) is 91.1 Å². The van der Waals surface area contributed by atoms with Crippen LogP contribution in [0.2, 0.25) is 0 Å². The molecular formula is C34H41N7O3. The number of aromatic nitrogens is 1. The molecule has 2 atom stereocenters. The maximum Gasteiger partial charge on any atom is 0.243 e. The van der Waals surface area contributed by atoms with Crippen LogP contribution < -0.4 is 27.8 Å². The van der Waals surface area contributed by atoms with E-state index >= 15 is 0 Å². The molecule has 230 valence electrons. The molecule has 4 rings (SSSR count). The highest BCUT2D eigenvalue weighted by atomic mass is 16.2. The van der Waals surface area contributed by atoms with Crippen molar-refractivity contribution in [2.75, 3.05) is 32.7 Å². The molecule has 10 nitrogen and oxygen atoms in total. The number of nitrogens with two attached hydrogens (primary N) is 3. The number of fused-ring (bicyclic) bond motifs is 1. The van der Waals surface area contributed by atoms with Gasteiger partial charge in [-0.2, -0.15) is 0 Å². The van der Waals surface area contributed by atoms with Gasteiger partial charge in [-0.1, -0.05) is 78.9 Å². The summed E-state index contributed by atoms with van der Waals surface area (Å²) in [7, 11) is 0. The average molecular weight is 596 g/mol. The fourth-order valence-corrected chi connectivity index (χ4v) is 4.93. The van der Waals surface area contributed by atoms with Crippen molar-refractivity contribution in [2.24, 2.45) is 17.2 Å². The van der Waals surface area contributed by atoms with Gasteiger partial charge in [-0.3, -0.25) is 19.4 Å². The molecule has 10 heteroatoms. The van der Waals surface area contributed by atoms with Crippen LogP contribution in [0.1, 0.15) is 33.6 Å². The van der Waals surface area contributed by atoms with Crippen molar-refractivity contribution in [3.8, 4) is 0 Å². The Morgan fingerprint density at radius 2 is 1.41 bits per heavy atom. The van der Waals surface area contributed by atoms with Crippen molar-refractivity contribution in [3.05, 3.63) is 114 Å². The van der Waals surface area contributed by atoms with Gasteiger partial charge in [0.05, 0.1) is 6.04 Å². The van der Waals surface area contributed by atoms with E-state index in [0.717, 1.165) is 16.3 Å². The summed E-state index contributed by atoms with van der Waals surface area (Å²) in [6.45, 7) is 3.06. The summed E-state index contributed by atoms with van der Waals surface area (Å²) in [5.74, 6) is -0.856. The quantitative estimate of drug-likeness (QED) is 0.122. The van der Waals surface area contributed by atoms with Gasteiger partial charge in [-0.25, -0.2) is 0 Å². The molecule has 3 aromatic carbocycles. The lowest BCUT2D eigenvalue weighted by Crippen LogP contribution is -2.53. The van der Waals surface area contributed by atoms with E-state index in [2.05, 4.69) is 20.5 Å². The third-order valence-electron chi connectivity index (χ3n) is 7.44. The van der Waals surface area contributed by atoms with E-state index in [1.54, 1.807) is 42.6 Å². The van der Waals surface area contributed by atoms with Gasteiger partial charge in [0.15, 0.2) is 5.78 Å². The van der Waals surface area contributed by atoms with Gasteiger partial charge >= 0.3 is 0 Å². The second kappa shape index (κ2) is 16.4. The minimum Gasteiger partial charge on any atom is -0.350 e. The van der Waals surface area contributed by atoms with Gasteiger partial charge in [-0.05, 0) is 23.4 Å². The first-order chi connectivity index (χ1) is 21.4. The number of nitrogens with one attached hydrogen (secondary N) is 2. The second-order valence-electron chi connectivity index (χ2n) is 10.7. The van der Waals surface area contributed by atoms with Crippen molar-refractivity contribution >= 4 is 28.4 Å². The summed E-state index contributed by atoms with van der Waals surface area (Å²) in [6.07, 6.45) is 2.34. The smallest absolute Gasteiger partial charge is 0.243 e. The molecule has 44 heavy (non-hydrogen) atoms. The van der Waals surface area contributed by atoms with Gasteiger partial charge in [0.1, 0.15) is 6.04 Å². The fourth-order valence-electron chi connectivity index (χ4n) is 4.93. The number of pyridine rings is 1. The third kappa shape index (κ3) is 9.26. The normalized spacial score (nSPS) is 12.5. The lowest BCUT2D eigenvalue weighted by molar-refractivity contribution is -0.129. The molecule has 0 aliphatic heterocycles. The SMILES string of the molecule is NCCN(CCN)CCC(N)C(=O)NC(Cc1cc2ccccc2cn1)C(=O)NCc1ccc(C(=O)c2ccccc2)cc1. The summed E-state index contributed by atoms with van der Waals surface area (Å²) < 4.78 is 0. The zero-order valence-corrected chi connectivity index (χ0v) is 24.8. The number of hydrogen-bond donors (Lipinski definition) is 5. The maximum atomic E-state index is 13.5. The van der Waals surface area contributed by atoms with Crippen LogP contribution in [0.5, 0.6) is 0 Å². The topological polar surface area (TPSA) is 169 Å². The highest BCUT2D eigenvalue weighted by molar-refractivity contribution is 6.08. The molecule has 0 saturated carbocycles. The Balaban J connectivity index is 1.42. The minimum absolute atomic E-state index is 0.0719.